The van der Waals surface area contributed by atoms with Crippen molar-refractivity contribution in [1.82, 2.24) is 10.6 Å². The molecule has 2 N–H and O–H groups in total. The van der Waals surface area contributed by atoms with E-state index in [4.69, 9.17) is 4.74 Å². The van der Waals surface area contributed by atoms with Crippen LogP contribution in [-0.4, -0.2) is 24.1 Å². The van der Waals surface area contributed by atoms with Crippen molar-refractivity contribution >= 4 is 11.9 Å². The lowest BCUT2D eigenvalue weighted by atomic mass is 9.98. The normalized spacial score (nSPS) is 29.3. The molecule has 1 heterocycles. The average molecular weight is 274 g/mol. The molecular formula is C15H18N2O3. The molecule has 5 heteroatoms. The van der Waals surface area contributed by atoms with Gasteiger partial charge in [0.1, 0.15) is 6.04 Å². The quantitative estimate of drug-likeness (QED) is 0.819. The van der Waals surface area contributed by atoms with Gasteiger partial charge in [-0.05, 0) is 30.7 Å². The summed E-state index contributed by atoms with van der Waals surface area (Å²) >= 11 is 0. The smallest absolute Gasteiger partial charge is 0.322 e. The maximum Gasteiger partial charge on any atom is 0.322 e. The van der Waals surface area contributed by atoms with Crippen LogP contribution < -0.4 is 10.6 Å². The minimum Gasteiger partial charge on any atom is -0.374 e. The van der Waals surface area contributed by atoms with Crippen LogP contribution in [0.2, 0.25) is 0 Å². The lowest BCUT2D eigenvalue weighted by Crippen LogP contribution is -2.36. The first-order chi connectivity index (χ1) is 9.72. The van der Waals surface area contributed by atoms with Gasteiger partial charge in [-0.15, -0.1) is 0 Å². The van der Waals surface area contributed by atoms with E-state index in [-0.39, 0.29) is 30.0 Å². The van der Waals surface area contributed by atoms with Crippen LogP contribution in [0.1, 0.15) is 24.8 Å². The maximum absolute atomic E-state index is 11.6. The third-order valence-corrected chi connectivity index (χ3v) is 4.03. The molecule has 1 aliphatic carbocycles. The summed E-state index contributed by atoms with van der Waals surface area (Å²) < 4.78 is 5.90. The van der Waals surface area contributed by atoms with Gasteiger partial charge in [0.05, 0.1) is 12.7 Å². The van der Waals surface area contributed by atoms with Gasteiger partial charge in [0.2, 0.25) is 0 Å². The Bertz CT molecular complexity index is 503. The fourth-order valence-corrected chi connectivity index (χ4v) is 2.98. The van der Waals surface area contributed by atoms with Crippen LogP contribution in [0.3, 0.4) is 0 Å². The van der Waals surface area contributed by atoms with Gasteiger partial charge in [-0.1, -0.05) is 30.3 Å². The number of amides is 3. The highest BCUT2D eigenvalue weighted by molar-refractivity contribution is 6.04. The standard InChI is InChI=1S/C15H18N2O3/c18-14-13(16-15(19)17-14)11-6-7-12(8-11)20-9-10-4-2-1-3-5-10/h1-5,11-13H,6-9H2,(H2,16,17,18,19). The summed E-state index contributed by atoms with van der Waals surface area (Å²) in [4.78, 5) is 22.8. The molecule has 0 bridgehead atoms. The highest BCUT2D eigenvalue weighted by Crippen LogP contribution is 2.31. The third kappa shape index (κ3) is 2.82. The van der Waals surface area contributed by atoms with Crippen LogP contribution in [0, 0.1) is 5.92 Å². The number of benzene rings is 1. The van der Waals surface area contributed by atoms with Gasteiger partial charge in [-0.3, -0.25) is 10.1 Å². The molecule has 0 spiro atoms. The Labute approximate surface area is 117 Å². The number of carbonyl (C=O) groups excluding carboxylic acids is 2. The SMILES string of the molecule is O=C1NC(=O)C(C2CCC(OCc3ccccc3)C2)N1. The van der Waals surface area contributed by atoms with Crippen LogP contribution in [0.4, 0.5) is 4.79 Å². The zero-order valence-electron chi connectivity index (χ0n) is 11.2. The molecule has 0 aromatic heterocycles. The number of ether oxygens (including phenoxy) is 1. The molecule has 0 radical (unpaired) electrons. The first-order valence-corrected chi connectivity index (χ1v) is 6.99. The van der Waals surface area contributed by atoms with E-state index in [9.17, 15) is 9.59 Å². The summed E-state index contributed by atoms with van der Waals surface area (Å²) in [5.74, 6) is -0.0223. The van der Waals surface area contributed by atoms with Crippen LogP contribution in [0.5, 0.6) is 0 Å². The van der Waals surface area contributed by atoms with E-state index in [2.05, 4.69) is 10.6 Å². The highest BCUT2D eigenvalue weighted by atomic mass is 16.5. The second-order valence-electron chi connectivity index (χ2n) is 5.43. The molecule has 1 saturated heterocycles. The Morgan fingerprint density at radius 3 is 2.65 bits per heavy atom. The maximum atomic E-state index is 11.6. The number of rotatable bonds is 4. The van der Waals surface area contributed by atoms with Crippen molar-refractivity contribution in [1.29, 1.82) is 0 Å². The van der Waals surface area contributed by atoms with E-state index in [0.717, 1.165) is 24.8 Å². The Kier molecular flexibility index (Phi) is 3.69. The minimum absolute atomic E-state index is 0.172. The molecule has 1 aliphatic heterocycles. The minimum atomic E-state index is -0.382. The Balaban J connectivity index is 1.50. The molecule has 1 saturated carbocycles. The van der Waals surface area contributed by atoms with Gasteiger partial charge in [0.15, 0.2) is 0 Å². The second kappa shape index (κ2) is 5.63. The van der Waals surface area contributed by atoms with Crippen molar-refractivity contribution in [3.8, 4) is 0 Å². The fourth-order valence-electron chi connectivity index (χ4n) is 2.98. The number of hydrogen-bond donors (Lipinski definition) is 2. The summed E-state index contributed by atoms with van der Waals surface area (Å²) in [5.41, 5.74) is 1.16. The number of hydrogen-bond acceptors (Lipinski definition) is 3. The second-order valence-corrected chi connectivity index (χ2v) is 5.43. The summed E-state index contributed by atoms with van der Waals surface area (Å²) in [7, 11) is 0. The highest BCUT2D eigenvalue weighted by Gasteiger charge is 2.40. The largest absolute Gasteiger partial charge is 0.374 e. The monoisotopic (exact) mass is 274 g/mol. The van der Waals surface area contributed by atoms with E-state index >= 15 is 0 Å². The fraction of sp³-hybridized carbons (Fsp3) is 0.467. The van der Waals surface area contributed by atoms with Crippen LogP contribution in [0.15, 0.2) is 30.3 Å². The molecule has 3 amide bonds. The summed E-state index contributed by atoms with van der Waals surface area (Å²) in [6, 6.07) is 9.29. The van der Waals surface area contributed by atoms with Crippen molar-refractivity contribution in [2.24, 2.45) is 5.92 Å². The molecule has 3 rings (SSSR count). The van der Waals surface area contributed by atoms with Crippen molar-refractivity contribution in [2.75, 3.05) is 0 Å². The Morgan fingerprint density at radius 2 is 1.95 bits per heavy atom. The molecule has 5 nitrogen and oxygen atoms in total. The topological polar surface area (TPSA) is 67.4 Å². The number of urea groups is 1. The molecular weight excluding hydrogens is 256 g/mol. The van der Waals surface area contributed by atoms with Gasteiger partial charge in [-0.2, -0.15) is 0 Å². The van der Waals surface area contributed by atoms with Crippen molar-refractivity contribution < 1.29 is 14.3 Å². The van der Waals surface area contributed by atoms with E-state index in [1.54, 1.807) is 0 Å². The molecule has 2 aliphatic rings. The summed E-state index contributed by atoms with van der Waals surface area (Å²) in [5, 5.41) is 4.97. The van der Waals surface area contributed by atoms with Gasteiger partial charge < -0.3 is 10.1 Å². The van der Waals surface area contributed by atoms with Crippen molar-refractivity contribution in [3.05, 3.63) is 35.9 Å². The van der Waals surface area contributed by atoms with E-state index in [1.807, 2.05) is 30.3 Å². The van der Waals surface area contributed by atoms with E-state index in [1.165, 1.54) is 0 Å². The molecule has 20 heavy (non-hydrogen) atoms. The number of carbonyl (C=O) groups is 2. The molecule has 1 aromatic carbocycles. The van der Waals surface area contributed by atoms with Crippen molar-refractivity contribution in [2.45, 2.75) is 38.0 Å². The summed E-state index contributed by atoms with van der Waals surface area (Å²) in [6.07, 6.45) is 2.85. The summed E-state index contributed by atoms with van der Waals surface area (Å²) in [6.45, 7) is 0.599. The molecule has 3 unspecified atom stereocenters. The van der Waals surface area contributed by atoms with Gasteiger partial charge in [-0.25, -0.2) is 4.79 Å². The predicted octanol–water partition coefficient (Wildman–Crippen LogP) is 1.58. The lowest BCUT2D eigenvalue weighted by Gasteiger charge is -2.16. The first kappa shape index (κ1) is 13.1. The lowest BCUT2D eigenvalue weighted by molar-refractivity contribution is -0.121. The zero-order chi connectivity index (χ0) is 13.9. The molecule has 1 aromatic rings. The van der Waals surface area contributed by atoms with Gasteiger partial charge in [0.25, 0.3) is 5.91 Å². The van der Waals surface area contributed by atoms with E-state index in [0.29, 0.717) is 6.61 Å². The molecule has 2 fully saturated rings. The van der Waals surface area contributed by atoms with Crippen molar-refractivity contribution in [3.63, 3.8) is 0 Å². The zero-order valence-corrected chi connectivity index (χ0v) is 11.2. The molecule has 3 atom stereocenters. The van der Waals surface area contributed by atoms with E-state index < -0.39 is 0 Å². The van der Waals surface area contributed by atoms with Crippen LogP contribution in [0.25, 0.3) is 0 Å². The average Bonchev–Trinajstić information content (AvgIpc) is 3.04. The van der Waals surface area contributed by atoms with Crippen LogP contribution in [-0.2, 0) is 16.1 Å². The predicted molar refractivity (Wildman–Crippen MR) is 72.8 cm³/mol. The third-order valence-electron chi connectivity index (χ3n) is 4.03. The molecule has 106 valence electrons. The first-order valence-electron chi connectivity index (χ1n) is 6.99. The Hall–Kier alpha value is -1.88. The number of imide groups is 1. The van der Waals surface area contributed by atoms with Gasteiger partial charge >= 0.3 is 6.03 Å². The Morgan fingerprint density at radius 1 is 1.15 bits per heavy atom. The number of nitrogens with one attached hydrogen (secondary N) is 2. The van der Waals surface area contributed by atoms with Crippen LogP contribution >= 0.6 is 0 Å². The van der Waals surface area contributed by atoms with Gasteiger partial charge in [0, 0.05) is 0 Å².